The molecule has 5 heteroatoms. The number of halogens is 1. The van der Waals surface area contributed by atoms with Crippen LogP contribution in [0, 0.1) is 0 Å². The number of nitrogen functional groups attached to an aromatic ring is 1. The molecule has 0 aliphatic carbocycles. The van der Waals surface area contributed by atoms with E-state index in [2.05, 4.69) is 14.9 Å². The van der Waals surface area contributed by atoms with Crippen molar-refractivity contribution in [1.82, 2.24) is 9.97 Å². The highest BCUT2D eigenvalue weighted by molar-refractivity contribution is 6.30. The third-order valence-corrected chi connectivity index (χ3v) is 3.76. The van der Waals surface area contributed by atoms with Crippen LogP contribution in [0.2, 0.25) is 5.02 Å². The molecular weight excluding hydrogens is 272 g/mol. The van der Waals surface area contributed by atoms with E-state index in [0.717, 1.165) is 36.0 Å². The summed E-state index contributed by atoms with van der Waals surface area (Å²) in [6.07, 6.45) is 3.18. The van der Waals surface area contributed by atoms with E-state index in [9.17, 15) is 0 Å². The smallest absolute Gasteiger partial charge is 0.222 e. The van der Waals surface area contributed by atoms with Crippen molar-refractivity contribution in [2.45, 2.75) is 19.3 Å². The van der Waals surface area contributed by atoms with Crippen LogP contribution in [-0.2, 0) is 6.42 Å². The number of nitrogens with zero attached hydrogens (tertiary/aromatic N) is 3. The van der Waals surface area contributed by atoms with E-state index in [0.29, 0.717) is 5.95 Å². The number of hydrogen-bond donors (Lipinski definition) is 1. The molecule has 2 heterocycles. The van der Waals surface area contributed by atoms with Crippen LogP contribution in [0.4, 0.5) is 11.8 Å². The molecule has 0 bridgehead atoms. The summed E-state index contributed by atoms with van der Waals surface area (Å²) < 4.78 is 0. The summed E-state index contributed by atoms with van der Waals surface area (Å²) in [7, 11) is 0. The van der Waals surface area contributed by atoms with Gasteiger partial charge >= 0.3 is 0 Å². The minimum atomic E-state index is 0.346. The number of benzene rings is 1. The lowest BCUT2D eigenvalue weighted by atomic mass is 10.1. The number of rotatable bonds is 3. The van der Waals surface area contributed by atoms with Gasteiger partial charge < -0.3 is 10.6 Å². The monoisotopic (exact) mass is 288 g/mol. The number of nitrogens with two attached hydrogens (primary N) is 1. The first kappa shape index (κ1) is 13.2. The quantitative estimate of drug-likeness (QED) is 0.943. The van der Waals surface area contributed by atoms with Gasteiger partial charge in [0.05, 0.1) is 5.69 Å². The summed E-state index contributed by atoms with van der Waals surface area (Å²) in [5.41, 5.74) is 7.95. The molecule has 104 valence electrons. The highest BCUT2D eigenvalue weighted by Gasteiger charge is 2.15. The van der Waals surface area contributed by atoms with Crippen LogP contribution in [0.3, 0.4) is 0 Å². The maximum absolute atomic E-state index is 5.90. The van der Waals surface area contributed by atoms with Crippen LogP contribution in [0.15, 0.2) is 30.3 Å². The average molecular weight is 289 g/mol. The molecule has 1 fully saturated rings. The second-order valence-electron chi connectivity index (χ2n) is 5.07. The zero-order valence-corrected chi connectivity index (χ0v) is 12.0. The summed E-state index contributed by atoms with van der Waals surface area (Å²) in [6.45, 7) is 2.10. The molecular formula is C15H17ClN4. The number of hydrogen-bond acceptors (Lipinski definition) is 4. The van der Waals surface area contributed by atoms with E-state index < -0.39 is 0 Å². The maximum atomic E-state index is 5.90. The molecule has 1 aromatic heterocycles. The van der Waals surface area contributed by atoms with Gasteiger partial charge in [0.1, 0.15) is 5.82 Å². The predicted octanol–water partition coefficient (Wildman–Crippen LogP) is 2.90. The molecule has 3 rings (SSSR count). The molecule has 1 saturated heterocycles. The Morgan fingerprint density at radius 3 is 2.50 bits per heavy atom. The highest BCUT2D eigenvalue weighted by Crippen LogP contribution is 2.21. The van der Waals surface area contributed by atoms with Crippen molar-refractivity contribution < 1.29 is 0 Å². The molecule has 2 aromatic rings. The highest BCUT2D eigenvalue weighted by atomic mass is 35.5. The topological polar surface area (TPSA) is 55.0 Å². The molecule has 0 radical (unpaired) electrons. The van der Waals surface area contributed by atoms with Gasteiger partial charge in [-0.2, -0.15) is 4.98 Å². The largest absolute Gasteiger partial charge is 0.368 e. The second kappa shape index (κ2) is 5.67. The van der Waals surface area contributed by atoms with E-state index in [1.807, 2.05) is 30.3 Å². The Bertz CT molecular complexity index is 591. The Morgan fingerprint density at radius 1 is 1.10 bits per heavy atom. The molecule has 0 spiro atoms. The van der Waals surface area contributed by atoms with E-state index in [4.69, 9.17) is 17.3 Å². The molecule has 0 saturated carbocycles. The zero-order valence-electron chi connectivity index (χ0n) is 11.2. The molecule has 0 atom stereocenters. The van der Waals surface area contributed by atoms with Crippen molar-refractivity contribution in [3.8, 4) is 0 Å². The van der Waals surface area contributed by atoms with Crippen LogP contribution in [-0.4, -0.2) is 23.1 Å². The van der Waals surface area contributed by atoms with Crippen molar-refractivity contribution in [2.75, 3.05) is 23.7 Å². The fraction of sp³-hybridized carbons (Fsp3) is 0.333. The zero-order chi connectivity index (χ0) is 13.9. The summed E-state index contributed by atoms with van der Waals surface area (Å²) in [6, 6.07) is 9.84. The Hall–Kier alpha value is -1.81. The number of aromatic nitrogens is 2. The average Bonchev–Trinajstić information content (AvgIpc) is 2.95. The summed E-state index contributed by atoms with van der Waals surface area (Å²) in [5, 5.41) is 0.744. The Labute approximate surface area is 123 Å². The van der Waals surface area contributed by atoms with Gasteiger partial charge in [0.15, 0.2) is 0 Å². The van der Waals surface area contributed by atoms with Gasteiger partial charge in [-0.15, -0.1) is 0 Å². The van der Waals surface area contributed by atoms with Crippen LogP contribution in [0.1, 0.15) is 24.1 Å². The van der Waals surface area contributed by atoms with Gasteiger partial charge in [-0.1, -0.05) is 23.7 Å². The van der Waals surface area contributed by atoms with Crippen molar-refractivity contribution >= 4 is 23.4 Å². The summed E-state index contributed by atoms with van der Waals surface area (Å²) >= 11 is 5.90. The van der Waals surface area contributed by atoms with E-state index >= 15 is 0 Å². The van der Waals surface area contributed by atoms with Crippen LogP contribution in [0.25, 0.3) is 0 Å². The van der Waals surface area contributed by atoms with Gasteiger partial charge in [0.2, 0.25) is 5.95 Å². The van der Waals surface area contributed by atoms with E-state index in [1.54, 1.807) is 0 Å². The maximum Gasteiger partial charge on any atom is 0.222 e. The van der Waals surface area contributed by atoms with Crippen molar-refractivity contribution in [3.63, 3.8) is 0 Å². The molecule has 1 aliphatic rings. The second-order valence-corrected chi connectivity index (χ2v) is 5.51. The molecule has 1 aromatic carbocycles. The molecule has 4 nitrogen and oxygen atoms in total. The molecule has 1 aliphatic heterocycles. The van der Waals surface area contributed by atoms with Gasteiger partial charge in [-0.05, 0) is 30.5 Å². The first-order valence-corrected chi connectivity index (χ1v) is 7.21. The molecule has 2 N–H and O–H groups in total. The SMILES string of the molecule is Nc1nc(Cc2ccc(Cl)cc2)cc(N2CCCC2)n1. The lowest BCUT2D eigenvalue weighted by molar-refractivity contribution is 0.917. The molecule has 20 heavy (non-hydrogen) atoms. The summed E-state index contributed by atoms with van der Waals surface area (Å²) in [5.74, 6) is 1.29. The van der Waals surface area contributed by atoms with E-state index in [-0.39, 0.29) is 0 Å². The molecule has 0 unspecified atom stereocenters. The normalized spacial score (nSPS) is 14.8. The fourth-order valence-electron chi connectivity index (χ4n) is 2.51. The lowest BCUT2D eigenvalue weighted by Gasteiger charge is -2.17. The third-order valence-electron chi connectivity index (χ3n) is 3.51. The first-order chi connectivity index (χ1) is 9.70. The van der Waals surface area contributed by atoms with Crippen molar-refractivity contribution in [2.24, 2.45) is 0 Å². The van der Waals surface area contributed by atoms with Crippen molar-refractivity contribution in [1.29, 1.82) is 0 Å². The Balaban J connectivity index is 1.83. The Morgan fingerprint density at radius 2 is 1.80 bits per heavy atom. The van der Waals surface area contributed by atoms with Gasteiger partial charge in [0, 0.05) is 30.6 Å². The van der Waals surface area contributed by atoms with Gasteiger partial charge in [-0.25, -0.2) is 4.98 Å². The van der Waals surface area contributed by atoms with Crippen LogP contribution >= 0.6 is 11.6 Å². The van der Waals surface area contributed by atoms with Gasteiger partial charge in [0.25, 0.3) is 0 Å². The van der Waals surface area contributed by atoms with Crippen molar-refractivity contribution in [3.05, 3.63) is 46.6 Å². The summed E-state index contributed by atoms with van der Waals surface area (Å²) in [4.78, 5) is 10.9. The number of anilines is 2. The standard InChI is InChI=1S/C15H17ClN4/c16-12-5-3-11(4-6-12)9-13-10-14(19-15(17)18-13)20-7-1-2-8-20/h3-6,10H,1-2,7-9H2,(H2,17,18,19). The third kappa shape index (κ3) is 3.02. The lowest BCUT2D eigenvalue weighted by Crippen LogP contribution is -2.20. The predicted molar refractivity (Wildman–Crippen MR) is 82.1 cm³/mol. The van der Waals surface area contributed by atoms with Crippen LogP contribution in [0.5, 0.6) is 0 Å². The Kier molecular flexibility index (Phi) is 3.74. The van der Waals surface area contributed by atoms with E-state index in [1.165, 1.54) is 18.4 Å². The first-order valence-electron chi connectivity index (χ1n) is 6.83. The van der Waals surface area contributed by atoms with Crippen LogP contribution < -0.4 is 10.6 Å². The minimum absolute atomic E-state index is 0.346. The fourth-order valence-corrected chi connectivity index (χ4v) is 2.64. The van der Waals surface area contributed by atoms with Gasteiger partial charge in [-0.3, -0.25) is 0 Å². The molecule has 0 amide bonds. The minimum Gasteiger partial charge on any atom is -0.368 e.